The van der Waals surface area contributed by atoms with Crippen LogP contribution in [0.2, 0.25) is 0 Å². The molecule has 0 fully saturated rings. The smallest absolute Gasteiger partial charge is 0.127 e. The highest BCUT2D eigenvalue weighted by Gasteiger charge is 2.01. The first-order valence-electron chi connectivity index (χ1n) is 6.72. The minimum atomic E-state index is 0.831. The van der Waals surface area contributed by atoms with Crippen molar-refractivity contribution in [2.75, 3.05) is 0 Å². The van der Waals surface area contributed by atoms with Crippen LogP contribution in [0.4, 0.5) is 0 Å². The van der Waals surface area contributed by atoms with Crippen molar-refractivity contribution in [3.05, 3.63) is 66.4 Å². The number of aromatic amines is 1. The van der Waals surface area contributed by atoms with Gasteiger partial charge in [0, 0.05) is 6.20 Å². The van der Waals surface area contributed by atoms with Crippen LogP contribution in [0, 0.1) is 0 Å². The zero-order valence-corrected chi connectivity index (χ0v) is 11.3. The second kappa shape index (κ2) is 5.61. The van der Waals surface area contributed by atoms with Gasteiger partial charge in [-0.05, 0) is 60.0 Å². The van der Waals surface area contributed by atoms with Gasteiger partial charge in [0.15, 0.2) is 0 Å². The van der Waals surface area contributed by atoms with Crippen LogP contribution < -0.4 is 4.74 Å². The van der Waals surface area contributed by atoms with E-state index < -0.39 is 0 Å². The van der Waals surface area contributed by atoms with Gasteiger partial charge in [-0.25, -0.2) is 0 Å². The standard InChI is InChI=1S/C17H16N2O/c1-2-13-3-7-15(8-4-13)20-16-9-5-14(6-10-16)17-11-12-18-19-17/h3-12H,2H2,1H3,(H,18,19). The summed E-state index contributed by atoms with van der Waals surface area (Å²) >= 11 is 0. The zero-order chi connectivity index (χ0) is 13.8. The van der Waals surface area contributed by atoms with Crippen molar-refractivity contribution < 1.29 is 4.74 Å². The Kier molecular flexibility index (Phi) is 3.50. The first kappa shape index (κ1) is 12.5. The second-order valence-electron chi connectivity index (χ2n) is 4.59. The Bertz CT molecular complexity index is 655. The number of benzene rings is 2. The van der Waals surface area contributed by atoms with Gasteiger partial charge < -0.3 is 4.74 Å². The molecule has 1 N–H and O–H groups in total. The van der Waals surface area contributed by atoms with Crippen LogP contribution >= 0.6 is 0 Å². The van der Waals surface area contributed by atoms with Crippen molar-refractivity contribution in [2.24, 2.45) is 0 Å². The van der Waals surface area contributed by atoms with Crippen LogP contribution in [-0.2, 0) is 6.42 Å². The van der Waals surface area contributed by atoms with Crippen LogP contribution in [-0.4, -0.2) is 10.2 Å². The third kappa shape index (κ3) is 2.72. The molecule has 3 aromatic rings. The molecule has 0 atom stereocenters. The molecule has 0 amide bonds. The van der Waals surface area contributed by atoms with Gasteiger partial charge in [-0.3, -0.25) is 5.10 Å². The molecule has 0 aliphatic carbocycles. The second-order valence-corrected chi connectivity index (χ2v) is 4.59. The van der Waals surface area contributed by atoms with E-state index in [1.54, 1.807) is 6.20 Å². The van der Waals surface area contributed by atoms with Crippen molar-refractivity contribution in [3.63, 3.8) is 0 Å². The van der Waals surface area contributed by atoms with Gasteiger partial charge in [-0.15, -0.1) is 0 Å². The molecule has 0 radical (unpaired) electrons. The molecule has 20 heavy (non-hydrogen) atoms. The average Bonchev–Trinajstić information content (AvgIpc) is 3.03. The number of H-pyrrole nitrogens is 1. The largest absolute Gasteiger partial charge is 0.457 e. The van der Waals surface area contributed by atoms with Crippen molar-refractivity contribution in [1.82, 2.24) is 10.2 Å². The number of rotatable bonds is 4. The zero-order valence-electron chi connectivity index (χ0n) is 11.3. The highest BCUT2D eigenvalue weighted by Crippen LogP contribution is 2.25. The molecule has 3 heteroatoms. The summed E-state index contributed by atoms with van der Waals surface area (Å²) in [5.41, 5.74) is 3.41. The molecule has 3 nitrogen and oxygen atoms in total. The Hall–Kier alpha value is -2.55. The van der Waals surface area contributed by atoms with Gasteiger partial charge in [0.1, 0.15) is 11.5 Å². The number of aromatic nitrogens is 2. The Labute approximate surface area is 118 Å². The Morgan fingerprint density at radius 1 is 0.900 bits per heavy atom. The lowest BCUT2D eigenvalue weighted by molar-refractivity contribution is 0.482. The third-order valence-electron chi connectivity index (χ3n) is 3.23. The SMILES string of the molecule is CCc1ccc(Oc2ccc(-c3ccn[nH]3)cc2)cc1. The summed E-state index contributed by atoms with van der Waals surface area (Å²) in [5, 5.41) is 6.89. The lowest BCUT2D eigenvalue weighted by atomic mass is 10.1. The summed E-state index contributed by atoms with van der Waals surface area (Å²) in [4.78, 5) is 0. The fourth-order valence-corrected chi connectivity index (χ4v) is 2.05. The number of aryl methyl sites for hydroxylation is 1. The van der Waals surface area contributed by atoms with Crippen molar-refractivity contribution in [1.29, 1.82) is 0 Å². The van der Waals surface area contributed by atoms with E-state index in [0.29, 0.717) is 0 Å². The quantitative estimate of drug-likeness (QED) is 0.757. The molecular weight excluding hydrogens is 248 g/mol. The number of ether oxygens (including phenoxy) is 1. The van der Waals surface area contributed by atoms with Crippen LogP contribution in [0.15, 0.2) is 60.8 Å². The minimum Gasteiger partial charge on any atom is -0.457 e. The molecule has 0 aliphatic rings. The van der Waals surface area contributed by atoms with E-state index in [2.05, 4.69) is 29.3 Å². The van der Waals surface area contributed by atoms with E-state index in [0.717, 1.165) is 29.2 Å². The van der Waals surface area contributed by atoms with Crippen LogP contribution in [0.25, 0.3) is 11.3 Å². The maximum absolute atomic E-state index is 5.82. The molecule has 0 saturated carbocycles. The summed E-state index contributed by atoms with van der Waals surface area (Å²) in [6.45, 7) is 2.14. The summed E-state index contributed by atoms with van der Waals surface area (Å²) in [6, 6.07) is 18.1. The summed E-state index contributed by atoms with van der Waals surface area (Å²) in [7, 11) is 0. The lowest BCUT2D eigenvalue weighted by Crippen LogP contribution is -1.86. The van der Waals surface area contributed by atoms with E-state index >= 15 is 0 Å². The van der Waals surface area contributed by atoms with Gasteiger partial charge in [-0.1, -0.05) is 19.1 Å². The minimum absolute atomic E-state index is 0.831. The van der Waals surface area contributed by atoms with Crippen LogP contribution in [0.5, 0.6) is 11.5 Å². The molecule has 2 aromatic carbocycles. The lowest BCUT2D eigenvalue weighted by Gasteiger charge is -2.07. The average molecular weight is 264 g/mol. The van der Waals surface area contributed by atoms with Crippen molar-refractivity contribution >= 4 is 0 Å². The van der Waals surface area contributed by atoms with E-state index in [4.69, 9.17) is 4.74 Å². The van der Waals surface area contributed by atoms with Gasteiger partial charge >= 0.3 is 0 Å². The van der Waals surface area contributed by atoms with Crippen LogP contribution in [0.3, 0.4) is 0 Å². The Morgan fingerprint density at radius 3 is 2.10 bits per heavy atom. The number of hydrogen-bond donors (Lipinski definition) is 1. The summed E-state index contributed by atoms with van der Waals surface area (Å²) < 4.78 is 5.82. The molecule has 1 aromatic heterocycles. The summed E-state index contributed by atoms with van der Waals surface area (Å²) in [5.74, 6) is 1.69. The molecular formula is C17H16N2O. The fraction of sp³-hybridized carbons (Fsp3) is 0.118. The van der Waals surface area contributed by atoms with Gasteiger partial charge in [-0.2, -0.15) is 5.10 Å². The summed E-state index contributed by atoms with van der Waals surface area (Å²) in [6.07, 6.45) is 2.79. The van der Waals surface area contributed by atoms with Gasteiger partial charge in [0.2, 0.25) is 0 Å². The molecule has 0 unspecified atom stereocenters. The molecule has 0 bridgehead atoms. The molecule has 100 valence electrons. The molecule has 1 heterocycles. The first-order valence-corrected chi connectivity index (χ1v) is 6.72. The fourth-order valence-electron chi connectivity index (χ4n) is 2.05. The van der Waals surface area contributed by atoms with Crippen molar-refractivity contribution in [3.8, 4) is 22.8 Å². The van der Waals surface area contributed by atoms with E-state index in [1.807, 2.05) is 42.5 Å². The predicted molar refractivity (Wildman–Crippen MR) is 79.9 cm³/mol. The van der Waals surface area contributed by atoms with E-state index in [9.17, 15) is 0 Å². The van der Waals surface area contributed by atoms with E-state index in [-0.39, 0.29) is 0 Å². The normalized spacial score (nSPS) is 10.4. The number of nitrogens with one attached hydrogen (secondary N) is 1. The molecule has 0 saturated heterocycles. The number of hydrogen-bond acceptors (Lipinski definition) is 2. The van der Waals surface area contributed by atoms with Crippen LogP contribution in [0.1, 0.15) is 12.5 Å². The van der Waals surface area contributed by atoms with Gasteiger partial charge in [0.25, 0.3) is 0 Å². The Balaban J connectivity index is 1.74. The topological polar surface area (TPSA) is 37.9 Å². The van der Waals surface area contributed by atoms with Gasteiger partial charge in [0.05, 0.1) is 5.69 Å². The monoisotopic (exact) mass is 264 g/mol. The Morgan fingerprint density at radius 2 is 1.55 bits per heavy atom. The predicted octanol–water partition coefficient (Wildman–Crippen LogP) is 4.43. The van der Waals surface area contributed by atoms with E-state index in [1.165, 1.54) is 5.56 Å². The maximum Gasteiger partial charge on any atom is 0.127 e. The third-order valence-corrected chi connectivity index (χ3v) is 3.23. The maximum atomic E-state index is 5.82. The first-order chi connectivity index (χ1) is 9.85. The molecule has 3 rings (SSSR count). The number of nitrogens with zero attached hydrogens (tertiary/aromatic N) is 1. The highest BCUT2D eigenvalue weighted by molar-refractivity contribution is 5.59. The molecule has 0 aliphatic heterocycles. The molecule has 0 spiro atoms. The highest BCUT2D eigenvalue weighted by atomic mass is 16.5. The van der Waals surface area contributed by atoms with Crippen molar-refractivity contribution in [2.45, 2.75) is 13.3 Å².